The van der Waals surface area contributed by atoms with Gasteiger partial charge in [0.2, 0.25) is 0 Å². The van der Waals surface area contributed by atoms with Crippen LogP contribution >= 0.6 is 0 Å². The Morgan fingerprint density at radius 2 is 1.79 bits per heavy atom. The van der Waals surface area contributed by atoms with Gasteiger partial charge < -0.3 is 14.4 Å². The fraction of sp³-hybridized carbons (Fsp3) is 0.579. The highest BCUT2D eigenvalue weighted by Crippen LogP contribution is 2.13. The second-order valence-corrected chi connectivity index (χ2v) is 6.84. The van der Waals surface area contributed by atoms with Crippen molar-refractivity contribution in [3.8, 4) is 0 Å². The molecule has 1 aromatic carbocycles. The highest BCUT2D eigenvalue weighted by atomic mass is 16.6. The number of hydrogen-bond donors (Lipinski definition) is 0. The molecule has 1 aromatic rings. The van der Waals surface area contributed by atoms with Crippen molar-refractivity contribution in [2.75, 3.05) is 13.1 Å². The van der Waals surface area contributed by atoms with Gasteiger partial charge in [0.25, 0.3) is 0 Å². The lowest BCUT2D eigenvalue weighted by atomic mass is 10.1. The molecule has 0 saturated heterocycles. The van der Waals surface area contributed by atoms with Gasteiger partial charge in [-0.25, -0.2) is 4.79 Å². The number of nitrogens with zero attached hydrogens (tertiary/aromatic N) is 1. The average Bonchev–Trinajstić information content (AvgIpc) is 2.52. The lowest BCUT2D eigenvalue weighted by Gasteiger charge is -2.27. The zero-order valence-electron chi connectivity index (χ0n) is 15.4. The van der Waals surface area contributed by atoms with Crippen LogP contribution in [0.3, 0.4) is 0 Å². The van der Waals surface area contributed by atoms with Crippen LogP contribution < -0.4 is 0 Å². The third kappa shape index (κ3) is 7.49. The van der Waals surface area contributed by atoms with Crippen LogP contribution in [0.5, 0.6) is 0 Å². The maximum Gasteiger partial charge on any atom is 0.410 e. The molecule has 0 aliphatic heterocycles. The van der Waals surface area contributed by atoms with Crippen molar-refractivity contribution in [3.05, 3.63) is 35.9 Å². The predicted molar refractivity (Wildman–Crippen MR) is 93.5 cm³/mol. The number of ether oxygens (including phenoxy) is 2. The highest BCUT2D eigenvalue weighted by Gasteiger charge is 2.23. The fourth-order valence-electron chi connectivity index (χ4n) is 2.04. The Labute approximate surface area is 144 Å². The van der Waals surface area contributed by atoms with Gasteiger partial charge >= 0.3 is 12.1 Å². The number of benzene rings is 1. The summed E-state index contributed by atoms with van der Waals surface area (Å²) in [5, 5.41) is 0. The monoisotopic (exact) mass is 335 g/mol. The number of carbonyl (C=O) groups is 2. The van der Waals surface area contributed by atoms with Gasteiger partial charge in [0.1, 0.15) is 12.2 Å². The molecule has 5 nitrogen and oxygen atoms in total. The quantitative estimate of drug-likeness (QED) is 0.706. The maximum absolute atomic E-state index is 12.1. The molecule has 1 rings (SSSR count). The zero-order chi connectivity index (χ0) is 18.2. The standard InChI is InChI=1S/C19H29NO4/c1-6-20(18(22)24-19(3,4)5)13-12-15(2)17(21)23-14-16-10-8-7-9-11-16/h7-11,15H,6,12-14H2,1-5H3. The van der Waals surface area contributed by atoms with Gasteiger partial charge in [-0.15, -0.1) is 0 Å². The van der Waals surface area contributed by atoms with Crippen molar-refractivity contribution in [2.24, 2.45) is 5.92 Å². The van der Waals surface area contributed by atoms with Crippen LogP contribution in [0.2, 0.25) is 0 Å². The van der Waals surface area contributed by atoms with Gasteiger partial charge in [0, 0.05) is 13.1 Å². The Balaban J connectivity index is 2.41. The minimum atomic E-state index is -0.523. The van der Waals surface area contributed by atoms with E-state index in [0.29, 0.717) is 19.5 Å². The topological polar surface area (TPSA) is 55.8 Å². The molecule has 1 amide bonds. The van der Waals surface area contributed by atoms with Crippen LogP contribution in [-0.4, -0.2) is 35.7 Å². The third-order valence-corrected chi connectivity index (χ3v) is 3.49. The normalized spacial score (nSPS) is 12.4. The molecule has 0 aromatic heterocycles. The molecule has 5 heteroatoms. The van der Waals surface area contributed by atoms with Crippen molar-refractivity contribution in [3.63, 3.8) is 0 Å². The van der Waals surface area contributed by atoms with E-state index in [1.54, 1.807) is 4.90 Å². The van der Waals surface area contributed by atoms with Crippen molar-refractivity contribution in [1.82, 2.24) is 4.90 Å². The van der Waals surface area contributed by atoms with E-state index in [-0.39, 0.29) is 24.6 Å². The second kappa shape index (κ2) is 9.30. The molecule has 0 N–H and O–H groups in total. The molecule has 1 unspecified atom stereocenters. The molecule has 0 saturated carbocycles. The van der Waals surface area contributed by atoms with E-state index in [2.05, 4.69) is 0 Å². The van der Waals surface area contributed by atoms with Gasteiger partial charge in [0.05, 0.1) is 5.92 Å². The highest BCUT2D eigenvalue weighted by molar-refractivity contribution is 5.72. The van der Waals surface area contributed by atoms with Crippen molar-refractivity contribution >= 4 is 12.1 Å². The van der Waals surface area contributed by atoms with Gasteiger partial charge in [-0.2, -0.15) is 0 Å². The molecular formula is C19H29NO4. The number of hydrogen-bond acceptors (Lipinski definition) is 4. The molecule has 134 valence electrons. The van der Waals surface area contributed by atoms with Gasteiger partial charge in [-0.3, -0.25) is 4.79 Å². The summed E-state index contributed by atoms with van der Waals surface area (Å²) >= 11 is 0. The van der Waals surface area contributed by atoms with E-state index in [1.165, 1.54) is 0 Å². The second-order valence-electron chi connectivity index (χ2n) is 6.84. The number of amides is 1. The van der Waals surface area contributed by atoms with Crippen molar-refractivity contribution < 1.29 is 19.1 Å². The lowest BCUT2D eigenvalue weighted by molar-refractivity contribution is -0.149. The Kier molecular flexibility index (Phi) is 7.75. The molecule has 1 atom stereocenters. The zero-order valence-corrected chi connectivity index (χ0v) is 15.4. The van der Waals surface area contributed by atoms with E-state index in [0.717, 1.165) is 5.56 Å². The van der Waals surface area contributed by atoms with Crippen LogP contribution in [0, 0.1) is 5.92 Å². The van der Waals surface area contributed by atoms with E-state index in [4.69, 9.17) is 9.47 Å². The summed E-state index contributed by atoms with van der Waals surface area (Å²) in [6.45, 7) is 10.5. The van der Waals surface area contributed by atoms with Gasteiger partial charge in [0.15, 0.2) is 0 Å². The number of carbonyl (C=O) groups excluding carboxylic acids is 2. The molecule has 0 heterocycles. The smallest absolute Gasteiger partial charge is 0.410 e. The SMILES string of the molecule is CCN(CCC(C)C(=O)OCc1ccccc1)C(=O)OC(C)(C)C. The molecule has 0 spiro atoms. The molecular weight excluding hydrogens is 306 g/mol. The van der Waals surface area contributed by atoms with Crippen LogP contribution in [-0.2, 0) is 20.9 Å². The first-order chi connectivity index (χ1) is 11.2. The molecule has 0 bridgehead atoms. The molecule has 0 aliphatic rings. The lowest BCUT2D eigenvalue weighted by Crippen LogP contribution is -2.38. The average molecular weight is 335 g/mol. The van der Waals surface area contributed by atoms with E-state index in [1.807, 2.05) is 65.0 Å². The van der Waals surface area contributed by atoms with Crippen LogP contribution in [0.25, 0.3) is 0 Å². The van der Waals surface area contributed by atoms with Crippen LogP contribution in [0.1, 0.15) is 46.6 Å². The minimum Gasteiger partial charge on any atom is -0.461 e. The summed E-state index contributed by atoms with van der Waals surface area (Å²) in [6.07, 6.45) is 0.190. The predicted octanol–water partition coefficient (Wildman–Crippen LogP) is 4.01. The summed E-state index contributed by atoms with van der Waals surface area (Å²) in [6, 6.07) is 9.57. The molecule has 0 radical (unpaired) electrons. The summed E-state index contributed by atoms with van der Waals surface area (Å²) < 4.78 is 10.7. The maximum atomic E-state index is 12.1. The van der Waals surface area contributed by atoms with Crippen molar-refractivity contribution in [2.45, 2.75) is 53.2 Å². The first-order valence-electron chi connectivity index (χ1n) is 8.41. The van der Waals surface area contributed by atoms with E-state index < -0.39 is 5.60 Å². The first-order valence-corrected chi connectivity index (χ1v) is 8.41. The Hall–Kier alpha value is -2.04. The number of esters is 1. The summed E-state index contributed by atoms with van der Waals surface area (Å²) in [5.41, 5.74) is 0.437. The Bertz CT molecular complexity index is 522. The first kappa shape index (κ1) is 20.0. The fourth-order valence-corrected chi connectivity index (χ4v) is 2.04. The van der Waals surface area contributed by atoms with Crippen molar-refractivity contribution in [1.29, 1.82) is 0 Å². The summed E-state index contributed by atoms with van der Waals surface area (Å²) in [5.74, 6) is -0.524. The van der Waals surface area contributed by atoms with E-state index >= 15 is 0 Å². The minimum absolute atomic E-state index is 0.251. The third-order valence-electron chi connectivity index (χ3n) is 3.49. The summed E-state index contributed by atoms with van der Waals surface area (Å²) in [7, 11) is 0. The van der Waals surface area contributed by atoms with Crippen LogP contribution in [0.4, 0.5) is 4.79 Å². The Morgan fingerprint density at radius 3 is 2.33 bits per heavy atom. The Morgan fingerprint density at radius 1 is 1.17 bits per heavy atom. The van der Waals surface area contributed by atoms with Crippen LogP contribution in [0.15, 0.2) is 30.3 Å². The molecule has 0 fully saturated rings. The summed E-state index contributed by atoms with van der Waals surface area (Å²) in [4.78, 5) is 25.7. The van der Waals surface area contributed by atoms with E-state index in [9.17, 15) is 9.59 Å². The molecule has 0 aliphatic carbocycles. The largest absolute Gasteiger partial charge is 0.461 e. The van der Waals surface area contributed by atoms with Gasteiger partial charge in [-0.05, 0) is 39.7 Å². The number of rotatable bonds is 7. The molecule has 24 heavy (non-hydrogen) atoms. The van der Waals surface area contributed by atoms with Gasteiger partial charge in [-0.1, -0.05) is 37.3 Å².